The van der Waals surface area contributed by atoms with Gasteiger partial charge < -0.3 is 5.73 Å². The van der Waals surface area contributed by atoms with E-state index >= 15 is 0 Å². The van der Waals surface area contributed by atoms with E-state index in [9.17, 15) is 12.8 Å². The highest BCUT2D eigenvalue weighted by atomic mass is 32.2. The van der Waals surface area contributed by atoms with Crippen molar-refractivity contribution in [1.29, 1.82) is 0 Å². The third kappa shape index (κ3) is 3.42. The van der Waals surface area contributed by atoms with Crippen LogP contribution in [0.4, 0.5) is 10.1 Å². The van der Waals surface area contributed by atoms with Crippen LogP contribution in [0.15, 0.2) is 47.4 Å². The average Bonchev–Trinajstić information content (AvgIpc) is 2.43. The number of sulfone groups is 1. The maximum atomic E-state index is 13.7. The van der Waals surface area contributed by atoms with Crippen LogP contribution in [-0.4, -0.2) is 8.42 Å². The van der Waals surface area contributed by atoms with Crippen molar-refractivity contribution in [2.24, 2.45) is 0 Å². The SMILES string of the molecule is CC(C)c1ccc(S(=O)(=O)Cc2c(N)cccc2F)cc1. The summed E-state index contributed by atoms with van der Waals surface area (Å²) in [7, 11) is -3.62. The molecule has 2 rings (SSSR count). The number of anilines is 1. The van der Waals surface area contributed by atoms with Crippen LogP contribution in [0, 0.1) is 5.82 Å². The Morgan fingerprint density at radius 1 is 1.10 bits per heavy atom. The fraction of sp³-hybridized carbons (Fsp3) is 0.250. The number of hydrogen-bond donors (Lipinski definition) is 1. The van der Waals surface area contributed by atoms with E-state index in [-0.39, 0.29) is 16.1 Å². The van der Waals surface area contributed by atoms with Crippen molar-refractivity contribution in [3.63, 3.8) is 0 Å². The smallest absolute Gasteiger partial charge is 0.182 e. The number of rotatable bonds is 4. The van der Waals surface area contributed by atoms with Crippen molar-refractivity contribution in [3.8, 4) is 0 Å². The molecule has 112 valence electrons. The molecular formula is C16H18FNO2S. The average molecular weight is 307 g/mol. The van der Waals surface area contributed by atoms with Gasteiger partial charge >= 0.3 is 0 Å². The van der Waals surface area contributed by atoms with Crippen molar-refractivity contribution in [2.45, 2.75) is 30.4 Å². The highest BCUT2D eigenvalue weighted by Crippen LogP contribution is 2.24. The van der Waals surface area contributed by atoms with Crippen LogP contribution in [-0.2, 0) is 15.6 Å². The molecule has 0 atom stereocenters. The van der Waals surface area contributed by atoms with Crippen LogP contribution in [0.5, 0.6) is 0 Å². The monoisotopic (exact) mass is 307 g/mol. The maximum Gasteiger partial charge on any atom is 0.182 e. The molecule has 0 aliphatic carbocycles. The first-order chi connectivity index (χ1) is 9.81. The molecule has 0 saturated carbocycles. The van der Waals surface area contributed by atoms with Gasteiger partial charge in [-0.3, -0.25) is 0 Å². The maximum absolute atomic E-state index is 13.7. The third-order valence-electron chi connectivity index (χ3n) is 3.40. The molecule has 5 heteroatoms. The molecule has 21 heavy (non-hydrogen) atoms. The van der Waals surface area contributed by atoms with E-state index in [1.807, 2.05) is 13.8 Å². The van der Waals surface area contributed by atoms with E-state index in [1.54, 1.807) is 24.3 Å². The van der Waals surface area contributed by atoms with Crippen LogP contribution >= 0.6 is 0 Å². The van der Waals surface area contributed by atoms with E-state index in [2.05, 4.69) is 0 Å². The summed E-state index contributed by atoms with van der Waals surface area (Å²) in [6.07, 6.45) is 0. The second-order valence-electron chi connectivity index (χ2n) is 5.29. The third-order valence-corrected chi connectivity index (χ3v) is 5.05. The molecule has 0 heterocycles. The summed E-state index contributed by atoms with van der Waals surface area (Å²) in [5.74, 6) is -0.714. The molecule has 0 bridgehead atoms. The zero-order chi connectivity index (χ0) is 15.6. The molecule has 0 aromatic heterocycles. The first-order valence-electron chi connectivity index (χ1n) is 6.67. The van der Waals surface area contributed by atoms with E-state index in [0.29, 0.717) is 5.92 Å². The van der Waals surface area contributed by atoms with E-state index in [4.69, 9.17) is 5.73 Å². The summed E-state index contributed by atoms with van der Waals surface area (Å²) in [6.45, 7) is 4.06. The first kappa shape index (κ1) is 15.5. The minimum Gasteiger partial charge on any atom is -0.398 e. The summed E-state index contributed by atoms with van der Waals surface area (Å²) in [5.41, 5.74) is 6.89. The van der Waals surface area contributed by atoms with E-state index in [1.165, 1.54) is 18.2 Å². The minimum absolute atomic E-state index is 0.0189. The first-order valence-corrected chi connectivity index (χ1v) is 8.32. The Labute approximate surface area is 124 Å². The molecular weight excluding hydrogens is 289 g/mol. The van der Waals surface area contributed by atoms with Crippen LogP contribution in [0.25, 0.3) is 0 Å². The summed E-state index contributed by atoms with van der Waals surface area (Å²) in [6, 6.07) is 10.8. The molecule has 2 aromatic carbocycles. The summed E-state index contributed by atoms with van der Waals surface area (Å²) in [5, 5.41) is 0. The highest BCUT2D eigenvalue weighted by molar-refractivity contribution is 7.90. The van der Waals surface area contributed by atoms with Crippen LogP contribution < -0.4 is 5.73 Å². The Morgan fingerprint density at radius 3 is 2.24 bits per heavy atom. The minimum atomic E-state index is -3.62. The van der Waals surface area contributed by atoms with Gasteiger partial charge in [0.05, 0.1) is 10.6 Å². The van der Waals surface area contributed by atoms with Crippen LogP contribution in [0.1, 0.15) is 30.9 Å². The second-order valence-corrected chi connectivity index (χ2v) is 7.28. The van der Waals surface area contributed by atoms with Crippen molar-refractivity contribution >= 4 is 15.5 Å². The van der Waals surface area contributed by atoms with Gasteiger partial charge in [0.1, 0.15) is 5.82 Å². The summed E-state index contributed by atoms with van der Waals surface area (Å²) >= 11 is 0. The van der Waals surface area contributed by atoms with Gasteiger partial charge in [0.2, 0.25) is 0 Å². The van der Waals surface area contributed by atoms with Crippen molar-refractivity contribution < 1.29 is 12.8 Å². The molecule has 2 N–H and O–H groups in total. The molecule has 0 aliphatic rings. The lowest BCUT2D eigenvalue weighted by Crippen LogP contribution is -2.09. The number of halogens is 1. The molecule has 3 nitrogen and oxygen atoms in total. The molecule has 0 aliphatic heterocycles. The predicted octanol–water partition coefficient (Wildman–Crippen LogP) is 3.51. The number of nitrogens with two attached hydrogens (primary N) is 1. The van der Waals surface area contributed by atoms with Crippen molar-refractivity contribution in [1.82, 2.24) is 0 Å². The van der Waals surface area contributed by atoms with Crippen molar-refractivity contribution in [3.05, 3.63) is 59.4 Å². The molecule has 0 unspecified atom stereocenters. The molecule has 0 fully saturated rings. The van der Waals surface area contributed by atoms with Gasteiger partial charge in [0, 0.05) is 11.3 Å². The number of nitrogen functional groups attached to an aromatic ring is 1. The predicted molar refractivity (Wildman–Crippen MR) is 82.2 cm³/mol. The lowest BCUT2D eigenvalue weighted by Gasteiger charge is -2.10. The van der Waals surface area contributed by atoms with E-state index < -0.39 is 21.4 Å². The van der Waals surface area contributed by atoms with Gasteiger partial charge in [0.15, 0.2) is 9.84 Å². The van der Waals surface area contributed by atoms with Gasteiger partial charge in [-0.15, -0.1) is 0 Å². The quantitative estimate of drug-likeness (QED) is 0.879. The Hall–Kier alpha value is -1.88. The number of hydrogen-bond acceptors (Lipinski definition) is 3. The molecule has 0 saturated heterocycles. The van der Waals surface area contributed by atoms with E-state index in [0.717, 1.165) is 5.56 Å². The van der Waals surface area contributed by atoms with Crippen LogP contribution in [0.3, 0.4) is 0 Å². The summed E-state index contributed by atoms with van der Waals surface area (Å²) < 4.78 is 38.5. The number of benzene rings is 2. The highest BCUT2D eigenvalue weighted by Gasteiger charge is 2.19. The van der Waals surface area contributed by atoms with Crippen LogP contribution in [0.2, 0.25) is 0 Å². The largest absolute Gasteiger partial charge is 0.398 e. The second kappa shape index (κ2) is 5.85. The Balaban J connectivity index is 2.34. The lowest BCUT2D eigenvalue weighted by molar-refractivity contribution is 0.587. The van der Waals surface area contributed by atoms with Gasteiger partial charge in [-0.25, -0.2) is 12.8 Å². The topological polar surface area (TPSA) is 60.2 Å². The normalized spacial score (nSPS) is 11.8. The fourth-order valence-electron chi connectivity index (χ4n) is 2.06. The van der Waals surface area contributed by atoms with Gasteiger partial charge in [0.25, 0.3) is 0 Å². The molecule has 0 radical (unpaired) electrons. The Kier molecular flexibility index (Phi) is 4.32. The fourth-order valence-corrected chi connectivity index (χ4v) is 3.46. The summed E-state index contributed by atoms with van der Waals surface area (Å²) in [4.78, 5) is 0.176. The van der Waals surface area contributed by atoms with Crippen molar-refractivity contribution in [2.75, 3.05) is 5.73 Å². The Morgan fingerprint density at radius 2 is 1.71 bits per heavy atom. The molecule has 0 spiro atoms. The zero-order valence-electron chi connectivity index (χ0n) is 12.0. The van der Waals surface area contributed by atoms with Gasteiger partial charge in [-0.1, -0.05) is 32.0 Å². The Bertz CT molecular complexity index is 717. The lowest BCUT2D eigenvalue weighted by atomic mass is 10.0. The van der Waals surface area contributed by atoms with Gasteiger partial charge in [-0.2, -0.15) is 0 Å². The van der Waals surface area contributed by atoms with Gasteiger partial charge in [-0.05, 0) is 35.7 Å². The standard InChI is InChI=1S/C16H18FNO2S/c1-11(2)12-6-8-13(9-7-12)21(19,20)10-14-15(17)4-3-5-16(14)18/h3-9,11H,10,18H2,1-2H3. The zero-order valence-corrected chi connectivity index (χ0v) is 12.8. The molecule has 0 amide bonds. The molecule has 2 aromatic rings.